The normalized spacial score (nSPS) is 19.8. The van der Waals surface area contributed by atoms with E-state index in [1.165, 1.54) is 0 Å². The summed E-state index contributed by atoms with van der Waals surface area (Å²) in [5.74, 6) is 1.68. The van der Waals surface area contributed by atoms with E-state index in [2.05, 4.69) is 32.1 Å². The van der Waals surface area contributed by atoms with Crippen LogP contribution >= 0.6 is 0 Å². The predicted octanol–water partition coefficient (Wildman–Crippen LogP) is 1.88. The standard InChI is InChI=1S/C27H38N8O3/c1-31-13-15-34(16-14-31)20-7-11-35(12-8-20)26(37)19-5-6-21(23(17-19)38-4)29-27-28-18-22-25(30-27)32(2)10-9-24(36)33(22)3/h5-6,17-18,20H,7-16H2,1-4H3,(H,28,29,30). The highest BCUT2D eigenvalue weighted by molar-refractivity contribution is 5.97. The fourth-order valence-electron chi connectivity index (χ4n) is 5.47. The molecule has 0 spiro atoms. The number of likely N-dealkylation sites (N-methyl/N-ethyl adjacent to an activating group) is 1. The number of aromatic nitrogens is 2. The van der Waals surface area contributed by atoms with Crippen molar-refractivity contribution in [2.75, 3.05) is 89.2 Å². The number of fused-ring (bicyclic) bond motifs is 1. The monoisotopic (exact) mass is 522 g/mol. The summed E-state index contributed by atoms with van der Waals surface area (Å²) in [6, 6.07) is 5.99. The van der Waals surface area contributed by atoms with E-state index >= 15 is 0 Å². The lowest BCUT2D eigenvalue weighted by Gasteiger charge is -2.42. The van der Waals surface area contributed by atoms with Crippen LogP contribution in [-0.2, 0) is 4.79 Å². The van der Waals surface area contributed by atoms with Crippen molar-refractivity contribution in [3.05, 3.63) is 30.0 Å². The number of piperazine rings is 1. The minimum Gasteiger partial charge on any atom is -0.495 e. The first kappa shape index (κ1) is 26.2. The number of hydrogen-bond donors (Lipinski definition) is 1. The zero-order chi connectivity index (χ0) is 26.8. The molecule has 38 heavy (non-hydrogen) atoms. The molecular formula is C27H38N8O3. The van der Waals surface area contributed by atoms with Crippen molar-refractivity contribution >= 4 is 35.0 Å². The van der Waals surface area contributed by atoms with Crippen LogP contribution in [-0.4, -0.2) is 117 Å². The largest absolute Gasteiger partial charge is 0.495 e. The van der Waals surface area contributed by atoms with Gasteiger partial charge in [0, 0.05) is 77.9 Å². The van der Waals surface area contributed by atoms with Crippen LogP contribution in [0.25, 0.3) is 0 Å². The summed E-state index contributed by atoms with van der Waals surface area (Å²) >= 11 is 0. The number of likely N-dealkylation sites (tertiary alicyclic amines) is 1. The van der Waals surface area contributed by atoms with Crippen molar-refractivity contribution in [2.24, 2.45) is 0 Å². The van der Waals surface area contributed by atoms with Gasteiger partial charge < -0.3 is 29.7 Å². The molecule has 2 fully saturated rings. The summed E-state index contributed by atoms with van der Waals surface area (Å²) in [7, 11) is 7.42. The first-order valence-corrected chi connectivity index (χ1v) is 13.4. The molecule has 0 saturated carbocycles. The molecule has 0 aliphatic carbocycles. The highest BCUT2D eigenvalue weighted by Gasteiger charge is 2.29. The Morgan fingerprint density at radius 1 is 1.03 bits per heavy atom. The second-order valence-electron chi connectivity index (χ2n) is 10.4. The first-order chi connectivity index (χ1) is 18.3. The van der Waals surface area contributed by atoms with Gasteiger partial charge in [-0.15, -0.1) is 0 Å². The van der Waals surface area contributed by atoms with Gasteiger partial charge >= 0.3 is 0 Å². The summed E-state index contributed by atoms with van der Waals surface area (Å²) in [6.45, 7) is 6.57. The van der Waals surface area contributed by atoms with Crippen molar-refractivity contribution in [1.82, 2.24) is 24.7 Å². The van der Waals surface area contributed by atoms with Crippen LogP contribution in [0.15, 0.2) is 24.4 Å². The Balaban J connectivity index is 1.25. The lowest BCUT2D eigenvalue weighted by Crippen LogP contribution is -2.52. The van der Waals surface area contributed by atoms with Gasteiger partial charge in [-0.25, -0.2) is 4.98 Å². The fraction of sp³-hybridized carbons (Fsp3) is 0.556. The van der Waals surface area contributed by atoms with E-state index in [-0.39, 0.29) is 11.8 Å². The SMILES string of the molecule is COc1cc(C(=O)N2CCC(N3CCN(C)CC3)CC2)ccc1Nc1ncc2c(n1)N(C)CCC(=O)N2C. The predicted molar refractivity (Wildman–Crippen MR) is 148 cm³/mol. The van der Waals surface area contributed by atoms with Gasteiger partial charge in [0.1, 0.15) is 11.4 Å². The van der Waals surface area contributed by atoms with E-state index < -0.39 is 0 Å². The smallest absolute Gasteiger partial charge is 0.253 e. The van der Waals surface area contributed by atoms with Crippen molar-refractivity contribution in [1.29, 1.82) is 0 Å². The fourth-order valence-corrected chi connectivity index (χ4v) is 5.47. The highest BCUT2D eigenvalue weighted by Crippen LogP contribution is 2.33. The van der Waals surface area contributed by atoms with Gasteiger partial charge in [0.05, 0.1) is 19.0 Å². The number of ether oxygens (including phenoxy) is 1. The number of carbonyl (C=O) groups excluding carboxylic acids is 2. The van der Waals surface area contributed by atoms with Crippen LogP contribution in [0.2, 0.25) is 0 Å². The van der Waals surface area contributed by atoms with Crippen LogP contribution in [0, 0.1) is 0 Å². The van der Waals surface area contributed by atoms with E-state index in [4.69, 9.17) is 4.74 Å². The number of rotatable bonds is 5. The zero-order valence-corrected chi connectivity index (χ0v) is 22.8. The van der Waals surface area contributed by atoms with Crippen LogP contribution in [0.5, 0.6) is 5.75 Å². The number of carbonyl (C=O) groups is 2. The molecule has 1 N–H and O–H groups in total. The molecule has 0 atom stereocenters. The van der Waals surface area contributed by atoms with E-state index in [0.717, 1.165) is 52.1 Å². The molecule has 4 heterocycles. The number of benzene rings is 1. The van der Waals surface area contributed by atoms with Crippen molar-refractivity contribution in [2.45, 2.75) is 25.3 Å². The third-order valence-corrected chi connectivity index (χ3v) is 8.01. The average molecular weight is 523 g/mol. The number of piperidine rings is 1. The summed E-state index contributed by atoms with van der Waals surface area (Å²) in [4.78, 5) is 45.1. The van der Waals surface area contributed by atoms with Crippen molar-refractivity contribution in [3.63, 3.8) is 0 Å². The summed E-state index contributed by atoms with van der Waals surface area (Å²) in [6.07, 6.45) is 4.09. The maximum absolute atomic E-state index is 13.3. The number of methoxy groups -OCH3 is 1. The van der Waals surface area contributed by atoms with Gasteiger partial charge in [-0.2, -0.15) is 4.98 Å². The summed E-state index contributed by atoms with van der Waals surface area (Å²) < 4.78 is 5.62. The number of amides is 2. The van der Waals surface area contributed by atoms with Gasteiger partial charge in [-0.05, 0) is 38.1 Å². The quantitative estimate of drug-likeness (QED) is 0.631. The molecule has 3 aliphatic heterocycles. The topological polar surface area (TPSA) is 97.4 Å². The highest BCUT2D eigenvalue weighted by atomic mass is 16.5. The average Bonchev–Trinajstić information content (AvgIpc) is 3.05. The van der Waals surface area contributed by atoms with Gasteiger partial charge in [0.2, 0.25) is 11.9 Å². The molecule has 1 aromatic carbocycles. The third kappa shape index (κ3) is 5.39. The molecule has 2 saturated heterocycles. The van der Waals surface area contributed by atoms with Crippen LogP contribution in [0.3, 0.4) is 0 Å². The molecule has 11 heteroatoms. The third-order valence-electron chi connectivity index (χ3n) is 8.01. The zero-order valence-electron chi connectivity index (χ0n) is 22.8. The Kier molecular flexibility index (Phi) is 7.66. The lowest BCUT2D eigenvalue weighted by molar-refractivity contribution is -0.118. The van der Waals surface area contributed by atoms with Gasteiger partial charge in [-0.1, -0.05) is 0 Å². The Morgan fingerprint density at radius 2 is 1.76 bits per heavy atom. The van der Waals surface area contributed by atoms with Crippen molar-refractivity contribution in [3.8, 4) is 5.75 Å². The van der Waals surface area contributed by atoms with E-state index in [0.29, 0.717) is 53.5 Å². The number of nitrogens with one attached hydrogen (secondary N) is 1. The Morgan fingerprint density at radius 3 is 2.47 bits per heavy atom. The van der Waals surface area contributed by atoms with Crippen LogP contribution < -0.4 is 19.9 Å². The Hall–Kier alpha value is -3.44. The number of hydrogen-bond acceptors (Lipinski definition) is 9. The maximum Gasteiger partial charge on any atom is 0.253 e. The molecule has 11 nitrogen and oxygen atoms in total. The van der Waals surface area contributed by atoms with Crippen molar-refractivity contribution < 1.29 is 14.3 Å². The lowest BCUT2D eigenvalue weighted by atomic mass is 10.0. The Bertz CT molecular complexity index is 1170. The second kappa shape index (κ2) is 11.1. The van der Waals surface area contributed by atoms with E-state index in [1.807, 2.05) is 29.0 Å². The molecule has 5 rings (SSSR count). The minimum absolute atomic E-state index is 0.0299. The molecule has 0 bridgehead atoms. The van der Waals surface area contributed by atoms with Gasteiger partial charge in [0.15, 0.2) is 5.82 Å². The number of anilines is 4. The van der Waals surface area contributed by atoms with Crippen LogP contribution in [0.4, 0.5) is 23.1 Å². The summed E-state index contributed by atoms with van der Waals surface area (Å²) in [5, 5.41) is 3.22. The molecule has 204 valence electrons. The first-order valence-electron chi connectivity index (χ1n) is 13.4. The molecule has 1 aromatic heterocycles. The molecular weight excluding hydrogens is 484 g/mol. The Labute approximate surface area is 224 Å². The van der Waals surface area contributed by atoms with Crippen LogP contribution in [0.1, 0.15) is 29.6 Å². The van der Waals surface area contributed by atoms with E-state index in [1.54, 1.807) is 31.3 Å². The molecule has 0 radical (unpaired) electrons. The molecule has 2 aromatic rings. The summed E-state index contributed by atoms with van der Waals surface area (Å²) in [5.41, 5.74) is 1.94. The number of nitrogens with zero attached hydrogens (tertiary/aromatic N) is 7. The molecule has 2 amide bonds. The molecule has 3 aliphatic rings. The molecule has 0 unspecified atom stereocenters. The maximum atomic E-state index is 13.3. The second-order valence-corrected chi connectivity index (χ2v) is 10.4. The van der Waals surface area contributed by atoms with Gasteiger partial charge in [-0.3, -0.25) is 14.5 Å². The minimum atomic E-state index is 0.0299. The van der Waals surface area contributed by atoms with E-state index in [9.17, 15) is 9.59 Å². The van der Waals surface area contributed by atoms with Gasteiger partial charge in [0.25, 0.3) is 5.91 Å².